The SMILES string of the molecule is CC(C)(C)c1ccc(OC2CCC(=O)C2)cc1. The molecule has 0 spiro atoms. The third-order valence-corrected chi connectivity index (χ3v) is 3.22. The van der Waals surface area contributed by atoms with Gasteiger partial charge in [-0.25, -0.2) is 0 Å². The molecule has 2 heteroatoms. The molecule has 1 aromatic carbocycles. The van der Waals surface area contributed by atoms with Gasteiger partial charge in [-0.2, -0.15) is 0 Å². The van der Waals surface area contributed by atoms with E-state index in [0.717, 1.165) is 12.2 Å². The smallest absolute Gasteiger partial charge is 0.136 e. The van der Waals surface area contributed by atoms with Gasteiger partial charge >= 0.3 is 0 Å². The van der Waals surface area contributed by atoms with Crippen LogP contribution in [-0.4, -0.2) is 11.9 Å². The number of benzene rings is 1. The maximum absolute atomic E-state index is 11.1. The molecule has 1 unspecified atom stereocenters. The summed E-state index contributed by atoms with van der Waals surface area (Å²) in [7, 11) is 0. The molecule has 0 heterocycles. The molecule has 0 saturated heterocycles. The Morgan fingerprint density at radius 2 is 1.82 bits per heavy atom. The molecule has 1 aliphatic carbocycles. The van der Waals surface area contributed by atoms with Crippen molar-refractivity contribution in [2.75, 3.05) is 0 Å². The van der Waals surface area contributed by atoms with Crippen LogP contribution >= 0.6 is 0 Å². The van der Waals surface area contributed by atoms with Crippen LogP contribution in [0.25, 0.3) is 0 Å². The fourth-order valence-electron chi connectivity index (χ4n) is 2.11. The topological polar surface area (TPSA) is 26.3 Å². The molecule has 1 saturated carbocycles. The maximum atomic E-state index is 11.1. The number of carbonyl (C=O) groups is 1. The van der Waals surface area contributed by atoms with Gasteiger partial charge in [0, 0.05) is 12.8 Å². The highest BCUT2D eigenvalue weighted by Crippen LogP contribution is 2.26. The molecule has 1 fully saturated rings. The van der Waals surface area contributed by atoms with E-state index in [4.69, 9.17) is 4.74 Å². The molecular formula is C15H20O2. The first kappa shape index (κ1) is 12.2. The summed E-state index contributed by atoms with van der Waals surface area (Å²) in [5, 5.41) is 0. The molecule has 0 N–H and O–H groups in total. The first-order chi connectivity index (χ1) is 7.95. The standard InChI is InChI=1S/C15H20O2/c1-15(2,3)11-4-7-13(8-5-11)17-14-9-6-12(16)10-14/h4-5,7-8,14H,6,9-10H2,1-3H3. The molecule has 92 valence electrons. The number of ether oxygens (including phenoxy) is 1. The van der Waals surface area contributed by atoms with Crippen LogP contribution in [0.5, 0.6) is 5.75 Å². The van der Waals surface area contributed by atoms with Crippen molar-refractivity contribution in [1.82, 2.24) is 0 Å². The Morgan fingerprint density at radius 1 is 1.18 bits per heavy atom. The molecule has 1 aliphatic rings. The summed E-state index contributed by atoms with van der Waals surface area (Å²) in [4.78, 5) is 11.1. The first-order valence-electron chi connectivity index (χ1n) is 6.24. The quantitative estimate of drug-likeness (QED) is 0.780. The number of hydrogen-bond donors (Lipinski definition) is 0. The molecule has 1 atom stereocenters. The van der Waals surface area contributed by atoms with Crippen molar-refractivity contribution >= 4 is 5.78 Å². The lowest BCUT2D eigenvalue weighted by Gasteiger charge is -2.20. The molecule has 2 rings (SSSR count). The van der Waals surface area contributed by atoms with Crippen molar-refractivity contribution in [3.8, 4) is 5.75 Å². The Hall–Kier alpha value is -1.31. The molecule has 17 heavy (non-hydrogen) atoms. The van der Waals surface area contributed by atoms with E-state index in [1.54, 1.807) is 0 Å². The first-order valence-corrected chi connectivity index (χ1v) is 6.24. The van der Waals surface area contributed by atoms with E-state index in [1.165, 1.54) is 5.56 Å². The predicted molar refractivity (Wildman–Crippen MR) is 68.4 cm³/mol. The van der Waals surface area contributed by atoms with E-state index in [1.807, 2.05) is 12.1 Å². The largest absolute Gasteiger partial charge is 0.490 e. The van der Waals surface area contributed by atoms with Crippen molar-refractivity contribution in [3.05, 3.63) is 29.8 Å². The summed E-state index contributed by atoms with van der Waals surface area (Å²) in [6, 6.07) is 8.21. The normalized spacial score (nSPS) is 20.6. The van der Waals surface area contributed by atoms with Crippen molar-refractivity contribution in [2.45, 2.75) is 51.6 Å². The lowest BCUT2D eigenvalue weighted by molar-refractivity contribution is -0.117. The van der Waals surface area contributed by atoms with E-state index in [2.05, 4.69) is 32.9 Å². The lowest BCUT2D eigenvalue weighted by Crippen LogP contribution is -2.13. The third-order valence-electron chi connectivity index (χ3n) is 3.22. The van der Waals surface area contributed by atoms with Gasteiger partial charge in [-0.1, -0.05) is 32.9 Å². The monoisotopic (exact) mass is 232 g/mol. The minimum atomic E-state index is 0.0861. The van der Waals surface area contributed by atoms with E-state index in [9.17, 15) is 4.79 Å². The number of carbonyl (C=O) groups excluding carboxylic acids is 1. The van der Waals surface area contributed by atoms with Crippen LogP contribution in [0.2, 0.25) is 0 Å². The van der Waals surface area contributed by atoms with Gasteiger partial charge in [0.1, 0.15) is 17.6 Å². The van der Waals surface area contributed by atoms with E-state index in [-0.39, 0.29) is 11.5 Å². The molecule has 0 aliphatic heterocycles. The van der Waals surface area contributed by atoms with Crippen molar-refractivity contribution in [3.63, 3.8) is 0 Å². The number of rotatable bonds is 2. The summed E-state index contributed by atoms with van der Waals surface area (Å²) in [6.45, 7) is 6.58. The van der Waals surface area contributed by atoms with Crippen molar-refractivity contribution in [2.24, 2.45) is 0 Å². The molecule has 2 nitrogen and oxygen atoms in total. The average molecular weight is 232 g/mol. The lowest BCUT2D eigenvalue weighted by atomic mass is 9.87. The predicted octanol–water partition coefficient (Wildman–Crippen LogP) is 3.48. The van der Waals surface area contributed by atoms with Gasteiger partial charge in [0.2, 0.25) is 0 Å². The van der Waals surface area contributed by atoms with Crippen LogP contribution in [0.1, 0.15) is 45.6 Å². The molecule has 1 aromatic rings. The minimum Gasteiger partial charge on any atom is -0.490 e. The second kappa shape index (κ2) is 4.52. The van der Waals surface area contributed by atoms with Crippen molar-refractivity contribution in [1.29, 1.82) is 0 Å². The molecule has 0 amide bonds. The van der Waals surface area contributed by atoms with Gasteiger partial charge in [0.25, 0.3) is 0 Å². The highest BCUT2D eigenvalue weighted by molar-refractivity contribution is 5.81. The summed E-state index contributed by atoms with van der Waals surface area (Å²) < 4.78 is 5.79. The fraction of sp³-hybridized carbons (Fsp3) is 0.533. The van der Waals surface area contributed by atoms with E-state index in [0.29, 0.717) is 18.6 Å². The van der Waals surface area contributed by atoms with E-state index >= 15 is 0 Å². The van der Waals surface area contributed by atoms with Crippen LogP contribution in [0.3, 0.4) is 0 Å². The highest BCUT2D eigenvalue weighted by Gasteiger charge is 2.23. The molecule has 0 aromatic heterocycles. The number of hydrogen-bond acceptors (Lipinski definition) is 2. The van der Waals surface area contributed by atoms with Gasteiger partial charge in [-0.15, -0.1) is 0 Å². The Bertz CT molecular complexity index is 398. The zero-order chi connectivity index (χ0) is 12.5. The second-order valence-electron chi connectivity index (χ2n) is 5.80. The maximum Gasteiger partial charge on any atom is 0.136 e. The zero-order valence-electron chi connectivity index (χ0n) is 10.8. The highest BCUT2D eigenvalue weighted by atomic mass is 16.5. The Balaban J connectivity index is 2.01. The molecule has 0 bridgehead atoms. The van der Waals surface area contributed by atoms with Gasteiger partial charge < -0.3 is 4.74 Å². The zero-order valence-corrected chi connectivity index (χ0v) is 10.8. The van der Waals surface area contributed by atoms with Crippen LogP contribution in [0.15, 0.2) is 24.3 Å². The average Bonchev–Trinajstić information content (AvgIpc) is 2.63. The minimum absolute atomic E-state index is 0.0861. The third kappa shape index (κ3) is 3.09. The summed E-state index contributed by atoms with van der Waals surface area (Å²) in [5.74, 6) is 1.19. The van der Waals surface area contributed by atoms with Crippen LogP contribution in [0, 0.1) is 0 Å². The second-order valence-corrected chi connectivity index (χ2v) is 5.80. The van der Waals surface area contributed by atoms with E-state index < -0.39 is 0 Å². The van der Waals surface area contributed by atoms with Gasteiger partial charge in [0.05, 0.1) is 0 Å². The summed E-state index contributed by atoms with van der Waals surface area (Å²) in [5.41, 5.74) is 1.47. The number of Topliss-reactive ketones (excluding diaryl/α,β-unsaturated/α-hetero) is 1. The van der Waals surface area contributed by atoms with Crippen LogP contribution in [0.4, 0.5) is 0 Å². The van der Waals surface area contributed by atoms with Gasteiger partial charge in [-0.05, 0) is 29.5 Å². The summed E-state index contributed by atoms with van der Waals surface area (Å²) >= 11 is 0. The van der Waals surface area contributed by atoms with Gasteiger partial charge in [-0.3, -0.25) is 4.79 Å². The Kier molecular flexibility index (Phi) is 3.23. The number of ketones is 1. The summed E-state index contributed by atoms with van der Waals surface area (Å²) in [6.07, 6.45) is 2.19. The van der Waals surface area contributed by atoms with Gasteiger partial charge in [0.15, 0.2) is 0 Å². The van der Waals surface area contributed by atoms with Crippen molar-refractivity contribution < 1.29 is 9.53 Å². The Labute approximate surface area is 103 Å². The molecular weight excluding hydrogens is 212 g/mol. The Morgan fingerprint density at radius 3 is 2.29 bits per heavy atom. The van der Waals surface area contributed by atoms with Crippen LogP contribution in [-0.2, 0) is 10.2 Å². The fourth-order valence-corrected chi connectivity index (χ4v) is 2.11. The van der Waals surface area contributed by atoms with Crippen LogP contribution < -0.4 is 4.74 Å². The molecule has 0 radical (unpaired) electrons.